The summed E-state index contributed by atoms with van der Waals surface area (Å²) in [5.41, 5.74) is 3.54. The zero-order chi connectivity index (χ0) is 16.0. The maximum atomic E-state index is 9.53. The highest BCUT2D eigenvalue weighted by Crippen LogP contribution is 2.43. The summed E-state index contributed by atoms with van der Waals surface area (Å²) in [6.07, 6.45) is 5.69. The number of pyridine rings is 1. The lowest BCUT2D eigenvalue weighted by atomic mass is 10.1. The number of rotatable bonds is 4. The van der Waals surface area contributed by atoms with Gasteiger partial charge in [-0.3, -0.25) is 4.98 Å². The van der Waals surface area contributed by atoms with Gasteiger partial charge in [-0.25, -0.2) is 4.98 Å². The number of aromatic nitrogens is 3. The molecule has 1 N–H and O–H groups in total. The standard InChI is InChI=1S/C17H16BrN3O2/c1-23-16-10(9-22)7-19-8-13(16)17-20-14-5-2-11(18)6-15(14)21(17)12-3-4-12/h2,5-8,12,22H,3-4,9H2,1H3. The Morgan fingerprint density at radius 1 is 1.35 bits per heavy atom. The van der Waals surface area contributed by atoms with E-state index in [1.807, 2.05) is 12.1 Å². The van der Waals surface area contributed by atoms with Crippen molar-refractivity contribution in [2.24, 2.45) is 0 Å². The normalized spacial score (nSPS) is 14.4. The van der Waals surface area contributed by atoms with E-state index in [-0.39, 0.29) is 6.61 Å². The van der Waals surface area contributed by atoms with Crippen molar-refractivity contribution in [2.45, 2.75) is 25.5 Å². The molecule has 0 atom stereocenters. The van der Waals surface area contributed by atoms with Gasteiger partial charge in [0.25, 0.3) is 0 Å². The van der Waals surface area contributed by atoms with Crippen LogP contribution in [0.4, 0.5) is 0 Å². The minimum absolute atomic E-state index is 0.112. The highest BCUT2D eigenvalue weighted by molar-refractivity contribution is 9.10. The predicted molar refractivity (Wildman–Crippen MR) is 91.4 cm³/mol. The van der Waals surface area contributed by atoms with Crippen molar-refractivity contribution in [1.29, 1.82) is 0 Å². The number of fused-ring (bicyclic) bond motifs is 1. The lowest BCUT2D eigenvalue weighted by molar-refractivity contribution is 0.273. The molecule has 0 radical (unpaired) electrons. The molecule has 0 unspecified atom stereocenters. The molecule has 1 aromatic carbocycles. The Hall–Kier alpha value is -1.92. The van der Waals surface area contributed by atoms with E-state index in [0.29, 0.717) is 17.4 Å². The van der Waals surface area contributed by atoms with E-state index in [0.717, 1.165) is 39.7 Å². The van der Waals surface area contributed by atoms with Crippen molar-refractivity contribution in [3.8, 4) is 17.1 Å². The Labute approximate surface area is 142 Å². The summed E-state index contributed by atoms with van der Waals surface area (Å²) >= 11 is 3.54. The van der Waals surface area contributed by atoms with Crippen molar-refractivity contribution >= 4 is 27.0 Å². The molecule has 1 aliphatic carbocycles. The van der Waals surface area contributed by atoms with Crippen LogP contribution < -0.4 is 4.74 Å². The third-order valence-corrected chi connectivity index (χ3v) is 4.64. The molecular formula is C17H16BrN3O2. The number of ether oxygens (including phenoxy) is 1. The van der Waals surface area contributed by atoms with Crippen molar-refractivity contribution in [3.63, 3.8) is 0 Å². The van der Waals surface area contributed by atoms with E-state index in [2.05, 4.69) is 31.5 Å². The molecule has 0 aliphatic heterocycles. The quantitative estimate of drug-likeness (QED) is 0.757. The summed E-state index contributed by atoms with van der Waals surface area (Å²) < 4.78 is 8.83. The number of halogens is 1. The minimum atomic E-state index is -0.112. The second-order valence-corrected chi connectivity index (χ2v) is 6.62. The Morgan fingerprint density at radius 3 is 2.87 bits per heavy atom. The fraction of sp³-hybridized carbons (Fsp3) is 0.294. The molecule has 2 heterocycles. The third kappa shape index (κ3) is 2.42. The van der Waals surface area contributed by atoms with Gasteiger partial charge in [0.2, 0.25) is 0 Å². The molecule has 118 valence electrons. The van der Waals surface area contributed by atoms with Crippen molar-refractivity contribution in [2.75, 3.05) is 7.11 Å². The monoisotopic (exact) mass is 373 g/mol. The number of hydrogen-bond acceptors (Lipinski definition) is 4. The van der Waals surface area contributed by atoms with Gasteiger partial charge < -0.3 is 14.4 Å². The lowest BCUT2D eigenvalue weighted by Gasteiger charge is -2.13. The van der Waals surface area contributed by atoms with Gasteiger partial charge in [0.15, 0.2) is 0 Å². The number of imidazole rings is 1. The summed E-state index contributed by atoms with van der Waals surface area (Å²) in [4.78, 5) is 9.06. The molecule has 1 saturated carbocycles. The highest BCUT2D eigenvalue weighted by Gasteiger charge is 2.30. The number of hydrogen-bond donors (Lipinski definition) is 1. The molecular weight excluding hydrogens is 358 g/mol. The fourth-order valence-electron chi connectivity index (χ4n) is 2.96. The lowest BCUT2D eigenvalue weighted by Crippen LogP contribution is -2.02. The average Bonchev–Trinajstić information content (AvgIpc) is 3.34. The van der Waals surface area contributed by atoms with Crippen LogP contribution in [-0.2, 0) is 6.61 Å². The highest BCUT2D eigenvalue weighted by atomic mass is 79.9. The Kier molecular flexibility index (Phi) is 3.58. The van der Waals surface area contributed by atoms with E-state index in [1.54, 1.807) is 19.5 Å². The summed E-state index contributed by atoms with van der Waals surface area (Å²) in [5.74, 6) is 1.49. The summed E-state index contributed by atoms with van der Waals surface area (Å²) in [6, 6.07) is 6.57. The van der Waals surface area contributed by atoms with Gasteiger partial charge in [0.1, 0.15) is 11.6 Å². The van der Waals surface area contributed by atoms with Gasteiger partial charge in [-0.2, -0.15) is 0 Å². The molecule has 0 amide bonds. The number of nitrogens with zero attached hydrogens (tertiary/aromatic N) is 3. The van der Waals surface area contributed by atoms with Gasteiger partial charge in [0, 0.05) is 28.5 Å². The van der Waals surface area contributed by atoms with Crippen LogP contribution in [0.5, 0.6) is 5.75 Å². The van der Waals surface area contributed by atoms with E-state index in [9.17, 15) is 5.11 Å². The minimum Gasteiger partial charge on any atom is -0.495 e. The second-order valence-electron chi connectivity index (χ2n) is 5.71. The number of aliphatic hydroxyl groups excluding tert-OH is 1. The molecule has 23 heavy (non-hydrogen) atoms. The maximum Gasteiger partial charge on any atom is 0.146 e. The summed E-state index contributed by atoms with van der Waals surface area (Å²) in [6.45, 7) is -0.112. The van der Waals surface area contributed by atoms with Gasteiger partial charge >= 0.3 is 0 Å². The Bertz CT molecular complexity index is 887. The summed E-state index contributed by atoms with van der Waals surface area (Å²) in [7, 11) is 1.61. The topological polar surface area (TPSA) is 60.2 Å². The SMILES string of the molecule is COc1c(CO)cncc1-c1nc2ccc(Br)cc2n1C1CC1. The Morgan fingerprint density at radius 2 is 2.17 bits per heavy atom. The van der Waals surface area contributed by atoms with Crippen LogP contribution in [0.15, 0.2) is 35.1 Å². The predicted octanol–water partition coefficient (Wildman–Crippen LogP) is 3.70. The van der Waals surface area contributed by atoms with Crippen molar-refractivity contribution < 1.29 is 9.84 Å². The molecule has 1 fully saturated rings. The maximum absolute atomic E-state index is 9.53. The molecule has 0 bridgehead atoms. The first-order valence-electron chi connectivity index (χ1n) is 7.52. The van der Waals surface area contributed by atoms with Crippen LogP contribution >= 0.6 is 15.9 Å². The van der Waals surface area contributed by atoms with Gasteiger partial charge in [-0.05, 0) is 31.0 Å². The summed E-state index contributed by atoms with van der Waals surface area (Å²) in [5, 5.41) is 9.53. The molecule has 2 aromatic heterocycles. The van der Waals surface area contributed by atoms with Crippen molar-refractivity contribution in [3.05, 3.63) is 40.6 Å². The van der Waals surface area contributed by atoms with Gasteiger partial charge in [-0.1, -0.05) is 15.9 Å². The van der Waals surface area contributed by atoms with Crippen LogP contribution in [0.3, 0.4) is 0 Å². The van der Waals surface area contributed by atoms with Crippen LogP contribution in [0.1, 0.15) is 24.4 Å². The Balaban J connectivity index is 2.01. The zero-order valence-electron chi connectivity index (χ0n) is 12.7. The van der Waals surface area contributed by atoms with Crippen LogP contribution in [0.2, 0.25) is 0 Å². The largest absolute Gasteiger partial charge is 0.495 e. The van der Waals surface area contributed by atoms with Crippen LogP contribution in [-0.4, -0.2) is 26.8 Å². The third-order valence-electron chi connectivity index (χ3n) is 4.15. The van der Waals surface area contributed by atoms with E-state index in [4.69, 9.17) is 9.72 Å². The number of aliphatic hydroxyl groups is 1. The smallest absolute Gasteiger partial charge is 0.146 e. The molecule has 4 rings (SSSR count). The van der Waals surface area contributed by atoms with E-state index in [1.165, 1.54) is 0 Å². The molecule has 3 aromatic rings. The van der Waals surface area contributed by atoms with Crippen LogP contribution in [0, 0.1) is 0 Å². The molecule has 5 nitrogen and oxygen atoms in total. The van der Waals surface area contributed by atoms with Crippen molar-refractivity contribution in [1.82, 2.24) is 14.5 Å². The molecule has 1 aliphatic rings. The average molecular weight is 374 g/mol. The zero-order valence-corrected chi connectivity index (χ0v) is 14.2. The first-order chi connectivity index (χ1) is 11.2. The van der Waals surface area contributed by atoms with E-state index < -0.39 is 0 Å². The fourth-order valence-corrected chi connectivity index (χ4v) is 3.31. The second kappa shape index (κ2) is 5.62. The molecule has 0 spiro atoms. The molecule has 6 heteroatoms. The first kappa shape index (κ1) is 14.7. The number of benzene rings is 1. The van der Waals surface area contributed by atoms with Crippen LogP contribution in [0.25, 0.3) is 22.4 Å². The van der Waals surface area contributed by atoms with E-state index >= 15 is 0 Å². The number of methoxy groups -OCH3 is 1. The van der Waals surface area contributed by atoms with Gasteiger partial charge in [-0.15, -0.1) is 0 Å². The first-order valence-corrected chi connectivity index (χ1v) is 8.32. The molecule has 0 saturated heterocycles. The van der Waals surface area contributed by atoms with Gasteiger partial charge in [0.05, 0.1) is 30.3 Å².